The lowest BCUT2D eigenvalue weighted by atomic mass is 10.0. The lowest BCUT2D eigenvalue weighted by molar-refractivity contribution is -0.697. The smallest absolute Gasteiger partial charge is 0.169 e. The largest absolute Gasteiger partial charge is 0.205 e. The van der Waals surface area contributed by atoms with E-state index in [0.717, 1.165) is 0 Å². The van der Waals surface area contributed by atoms with Gasteiger partial charge in [0.05, 0.1) is 0 Å². The Balaban J connectivity index is 1.84. The van der Waals surface area contributed by atoms with Crippen LogP contribution in [0.25, 0.3) is 0 Å². The summed E-state index contributed by atoms with van der Waals surface area (Å²) in [6, 6.07) is 4.73. The van der Waals surface area contributed by atoms with Crippen LogP contribution in [0.2, 0.25) is 0 Å². The van der Waals surface area contributed by atoms with Crippen LogP contribution in [0, 0.1) is 0 Å². The molecule has 1 rings (SSSR count). The van der Waals surface area contributed by atoms with Gasteiger partial charge in [-0.1, -0.05) is 162 Å². The van der Waals surface area contributed by atoms with E-state index in [0.29, 0.717) is 0 Å². The predicted octanol–water partition coefficient (Wildman–Crippen LogP) is 11.7. The van der Waals surface area contributed by atoms with Gasteiger partial charge in [0.15, 0.2) is 12.4 Å². The lowest BCUT2D eigenvalue weighted by Gasteiger charge is -2.04. The number of aryl methyl sites for hydroxylation is 2. The molecule has 0 amide bonds. The Morgan fingerprint density at radius 2 is 0.694 bits per heavy atom. The Bertz CT molecular complexity index is 534. The highest BCUT2D eigenvalue weighted by atomic mass is 14.9. The maximum Gasteiger partial charge on any atom is 0.169 e. The average Bonchev–Trinajstić information content (AvgIpc) is 2.90. The molecule has 0 aliphatic carbocycles. The molecule has 1 aromatic rings. The maximum atomic E-state index is 2.39. The molecule has 0 radical (unpaired) electrons. The molecular formula is C35H66N+. The van der Waals surface area contributed by atoms with Crippen LogP contribution in [-0.2, 0) is 13.0 Å². The van der Waals surface area contributed by atoms with Gasteiger partial charge in [0.2, 0.25) is 0 Å². The van der Waals surface area contributed by atoms with E-state index in [1.807, 2.05) is 0 Å². The number of unbranched alkanes of at least 4 members (excludes halogenated alkanes) is 24. The third kappa shape index (κ3) is 22.4. The van der Waals surface area contributed by atoms with E-state index >= 15 is 0 Å². The predicted molar refractivity (Wildman–Crippen MR) is 162 cm³/mol. The monoisotopic (exact) mass is 501 g/mol. The minimum atomic E-state index is 1.19. The van der Waals surface area contributed by atoms with Crippen molar-refractivity contribution >= 4 is 0 Å². The van der Waals surface area contributed by atoms with Crippen LogP contribution >= 0.6 is 0 Å². The van der Waals surface area contributed by atoms with Gasteiger partial charge < -0.3 is 0 Å². The molecule has 210 valence electrons. The first-order valence-electron chi connectivity index (χ1n) is 16.8. The average molecular weight is 501 g/mol. The van der Waals surface area contributed by atoms with Crippen molar-refractivity contribution < 1.29 is 4.57 Å². The first-order chi connectivity index (χ1) is 17.9. The van der Waals surface area contributed by atoms with Crippen LogP contribution in [0.5, 0.6) is 0 Å². The highest BCUT2D eigenvalue weighted by Crippen LogP contribution is 2.15. The summed E-state index contributed by atoms with van der Waals surface area (Å²) in [4.78, 5) is 0. The zero-order valence-corrected chi connectivity index (χ0v) is 25.1. The van der Waals surface area contributed by atoms with Crippen LogP contribution in [0.1, 0.15) is 186 Å². The van der Waals surface area contributed by atoms with Gasteiger partial charge in [-0.15, -0.1) is 0 Å². The molecule has 0 saturated carbocycles. The SMILES string of the molecule is CCCCCCCCCCCCCCCCCCc1cc[n+](CCCCCCCCCCCC)cc1. The molecule has 1 heterocycles. The van der Waals surface area contributed by atoms with E-state index in [9.17, 15) is 0 Å². The number of aromatic nitrogens is 1. The van der Waals surface area contributed by atoms with Crippen molar-refractivity contribution in [1.29, 1.82) is 0 Å². The van der Waals surface area contributed by atoms with E-state index in [2.05, 4.69) is 42.9 Å². The summed E-state index contributed by atoms with van der Waals surface area (Å²) in [5, 5.41) is 0. The van der Waals surface area contributed by atoms with Crippen molar-refractivity contribution in [3.8, 4) is 0 Å². The summed E-state index contributed by atoms with van der Waals surface area (Å²) in [6.45, 7) is 5.79. The van der Waals surface area contributed by atoms with E-state index in [1.165, 1.54) is 185 Å². The standard InChI is InChI=1S/C35H66N/c1-3-5-7-9-11-13-15-16-17-18-19-20-21-23-25-27-29-35-30-33-36(34-31-35)32-28-26-24-22-14-12-10-8-6-4-2/h30-31,33-34H,3-29,32H2,1-2H3/q+1. The molecule has 0 aliphatic rings. The fourth-order valence-electron chi connectivity index (χ4n) is 5.46. The van der Waals surface area contributed by atoms with Gasteiger partial charge in [-0.25, -0.2) is 4.57 Å². The number of rotatable bonds is 28. The van der Waals surface area contributed by atoms with Gasteiger partial charge in [-0.2, -0.15) is 0 Å². The van der Waals surface area contributed by atoms with Gasteiger partial charge in [-0.05, 0) is 24.8 Å². The molecule has 0 N–H and O–H groups in total. The number of hydrogen-bond donors (Lipinski definition) is 0. The molecule has 0 aromatic carbocycles. The van der Waals surface area contributed by atoms with Crippen molar-refractivity contribution in [1.82, 2.24) is 0 Å². The second kappa shape index (κ2) is 27.2. The minimum Gasteiger partial charge on any atom is -0.205 e. The summed E-state index contributed by atoms with van der Waals surface area (Å²) in [5.74, 6) is 0. The molecule has 0 unspecified atom stereocenters. The molecule has 0 atom stereocenters. The first kappa shape index (κ1) is 33.2. The fraction of sp³-hybridized carbons (Fsp3) is 0.857. The Kier molecular flexibility index (Phi) is 25.1. The molecular weight excluding hydrogens is 434 g/mol. The zero-order chi connectivity index (χ0) is 25.8. The van der Waals surface area contributed by atoms with Gasteiger partial charge in [0.25, 0.3) is 0 Å². The summed E-state index contributed by atoms with van der Waals surface area (Å²) in [5.41, 5.74) is 1.53. The van der Waals surface area contributed by atoms with E-state index in [-0.39, 0.29) is 0 Å². The quantitative estimate of drug-likeness (QED) is 0.0795. The molecule has 36 heavy (non-hydrogen) atoms. The molecule has 0 spiro atoms. The van der Waals surface area contributed by atoms with Gasteiger partial charge in [-0.3, -0.25) is 0 Å². The Morgan fingerprint density at radius 1 is 0.389 bits per heavy atom. The lowest BCUT2D eigenvalue weighted by Crippen LogP contribution is -2.32. The maximum absolute atomic E-state index is 2.39. The van der Waals surface area contributed by atoms with E-state index in [1.54, 1.807) is 0 Å². The molecule has 0 bridgehead atoms. The van der Waals surface area contributed by atoms with Crippen molar-refractivity contribution in [3.63, 3.8) is 0 Å². The van der Waals surface area contributed by atoms with Gasteiger partial charge in [0, 0.05) is 18.6 Å². The Hall–Kier alpha value is -0.850. The normalized spacial score (nSPS) is 11.4. The highest BCUT2D eigenvalue weighted by Gasteiger charge is 2.02. The van der Waals surface area contributed by atoms with E-state index in [4.69, 9.17) is 0 Å². The topological polar surface area (TPSA) is 3.88 Å². The van der Waals surface area contributed by atoms with Crippen LogP contribution in [0.4, 0.5) is 0 Å². The van der Waals surface area contributed by atoms with Gasteiger partial charge >= 0.3 is 0 Å². The third-order valence-electron chi connectivity index (χ3n) is 8.05. The van der Waals surface area contributed by atoms with Gasteiger partial charge in [0.1, 0.15) is 6.54 Å². The number of nitrogens with zero attached hydrogens (tertiary/aromatic N) is 1. The van der Waals surface area contributed by atoms with Crippen molar-refractivity contribution in [2.24, 2.45) is 0 Å². The van der Waals surface area contributed by atoms with Crippen LogP contribution < -0.4 is 4.57 Å². The summed E-state index contributed by atoms with van der Waals surface area (Å²) in [7, 11) is 0. The minimum absolute atomic E-state index is 1.19. The molecule has 0 aliphatic heterocycles. The van der Waals surface area contributed by atoms with Crippen molar-refractivity contribution in [3.05, 3.63) is 30.1 Å². The second-order valence-corrected chi connectivity index (χ2v) is 11.7. The molecule has 0 saturated heterocycles. The molecule has 1 heteroatoms. The zero-order valence-electron chi connectivity index (χ0n) is 25.1. The Labute approximate surface area is 228 Å². The molecule has 0 fully saturated rings. The van der Waals surface area contributed by atoms with Crippen molar-refractivity contribution in [2.75, 3.05) is 0 Å². The van der Waals surface area contributed by atoms with Crippen LogP contribution in [0.15, 0.2) is 24.5 Å². The number of pyridine rings is 1. The fourth-order valence-corrected chi connectivity index (χ4v) is 5.46. The second-order valence-electron chi connectivity index (χ2n) is 11.7. The highest BCUT2D eigenvalue weighted by molar-refractivity contribution is 5.07. The molecule has 1 aromatic heterocycles. The Morgan fingerprint density at radius 3 is 1.06 bits per heavy atom. The van der Waals surface area contributed by atoms with Crippen molar-refractivity contribution in [2.45, 2.75) is 194 Å². The summed E-state index contributed by atoms with van der Waals surface area (Å²) >= 11 is 0. The van der Waals surface area contributed by atoms with Crippen LogP contribution in [0.3, 0.4) is 0 Å². The summed E-state index contributed by atoms with van der Waals surface area (Å²) < 4.78 is 2.39. The first-order valence-corrected chi connectivity index (χ1v) is 16.8. The third-order valence-corrected chi connectivity index (χ3v) is 8.05. The number of hydrogen-bond acceptors (Lipinski definition) is 0. The van der Waals surface area contributed by atoms with Crippen LogP contribution in [-0.4, -0.2) is 0 Å². The molecule has 1 nitrogen and oxygen atoms in total. The summed E-state index contributed by atoms with van der Waals surface area (Å²) in [6.07, 6.45) is 43.2. The van der Waals surface area contributed by atoms with E-state index < -0.39 is 0 Å².